The fraction of sp³-hybridized carbons (Fsp3) is 0.111. The molecule has 0 saturated carbocycles. The number of thiocarbonyl (C=S) groups is 1. The summed E-state index contributed by atoms with van der Waals surface area (Å²) in [6, 6.07) is 11.2. The Morgan fingerprint density at radius 3 is 2.48 bits per heavy atom. The van der Waals surface area contributed by atoms with Crippen LogP contribution in [0.5, 0.6) is 0 Å². The molecule has 0 aliphatic carbocycles. The molecule has 0 heterocycles. The van der Waals surface area contributed by atoms with Crippen molar-refractivity contribution in [2.45, 2.75) is 0 Å². The first-order valence-electron chi connectivity index (χ1n) is 7.45. The number of hydrazone groups is 1. The van der Waals surface area contributed by atoms with E-state index in [9.17, 15) is 8.78 Å². The first-order valence-corrected chi connectivity index (χ1v) is 7.85. The number of hydrogen-bond acceptors (Lipinski definition) is 3. The number of nitrogens with one attached hydrogen (secondary N) is 2. The maximum absolute atomic E-state index is 13.5. The number of nitrogens with zero attached hydrogens (tertiary/aromatic N) is 2. The van der Waals surface area contributed by atoms with Crippen molar-refractivity contribution < 1.29 is 8.78 Å². The lowest BCUT2D eigenvalue weighted by Crippen LogP contribution is -2.24. The van der Waals surface area contributed by atoms with Gasteiger partial charge in [0.2, 0.25) is 0 Å². The van der Waals surface area contributed by atoms with Gasteiger partial charge in [-0.25, -0.2) is 8.78 Å². The lowest BCUT2D eigenvalue weighted by molar-refractivity contribution is 0.586. The highest BCUT2D eigenvalue weighted by molar-refractivity contribution is 7.80. The largest absolute Gasteiger partial charge is 0.378 e. The van der Waals surface area contributed by atoms with Crippen LogP contribution in [-0.4, -0.2) is 25.4 Å². The number of rotatable bonds is 5. The van der Waals surface area contributed by atoms with Crippen LogP contribution in [0.15, 0.2) is 53.6 Å². The number of allylic oxidation sites excluding steroid dienone is 1. The van der Waals surface area contributed by atoms with Crippen LogP contribution in [0.4, 0.5) is 20.2 Å². The van der Waals surface area contributed by atoms with Crippen LogP contribution in [0.1, 0.15) is 5.56 Å². The Kier molecular flexibility index (Phi) is 6.59. The van der Waals surface area contributed by atoms with E-state index in [0.717, 1.165) is 23.4 Å². The van der Waals surface area contributed by atoms with E-state index in [1.165, 1.54) is 12.3 Å². The minimum Gasteiger partial charge on any atom is -0.378 e. The van der Waals surface area contributed by atoms with E-state index in [0.29, 0.717) is 0 Å². The molecule has 7 heteroatoms. The van der Waals surface area contributed by atoms with E-state index in [-0.39, 0.29) is 10.8 Å². The van der Waals surface area contributed by atoms with Crippen LogP contribution in [-0.2, 0) is 0 Å². The summed E-state index contributed by atoms with van der Waals surface area (Å²) in [4.78, 5) is 2.02. The lowest BCUT2D eigenvalue weighted by Gasteiger charge is -2.11. The third-order valence-electron chi connectivity index (χ3n) is 3.20. The second kappa shape index (κ2) is 8.89. The van der Waals surface area contributed by atoms with Crippen LogP contribution in [0, 0.1) is 11.6 Å². The standard InChI is InChI=1S/C18H18F2N4S/c1-24(2)15-8-5-13(6-9-15)4-3-11-21-23-18(25)22-17-10-7-14(19)12-16(17)20/h3-12H,1-2H3,(H2,22,23,25)/b4-3+,21-11+. The maximum Gasteiger partial charge on any atom is 0.191 e. The smallest absolute Gasteiger partial charge is 0.191 e. The van der Waals surface area contributed by atoms with Crippen LogP contribution in [0.25, 0.3) is 6.08 Å². The van der Waals surface area contributed by atoms with E-state index in [4.69, 9.17) is 12.2 Å². The van der Waals surface area contributed by atoms with Crippen molar-refractivity contribution in [3.8, 4) is 0 Å². The SMILES string of the molecule is CN(C)c1ccc(/C=C/C=N/NC(=S)Nc2ccc(F)cc2F)cc1. The Balaban J connectivity index is 1.82. The quantitative estimate of drug-likeness (QED) is 0.480. The van der Waals surface area contributed by atoms with Crippen LogP contribution in [0.2, 0.25) is 0 Å². The first-order chi connectivity index (χ1) is 12.0. The summed E-state index contributed by atoms with van der Waals surface area (Å²) in [6.45, 7) is 0. The molecule has 2 N–H and O–H groups in total. The number of benzene rings is 2. The molecule has 2 aromatic rings. The fourth-order valence-corrected chi connectivity index (χ4v) is 2.08. The molecule has 0 spiro atoms. The highest BCUT2D eigenvalue weighted by atomic mass is 32.1. The molecule has 0 aliphatic rings. The molecule has 0 radical (unpaired) electrons. The molecule has 0 fully saturated rings. The van der Waals surface area contributed by atoms with Gasteiger partial charge in [-0.1, -0.05) is 18.2 Å². The van der Waals surface area contributed by atoms with E-state index in [2.05, 4.69) is 15.8 Å². The van der Waals surface area contributed by atoms with Crippen molar-refractivity contribution >= 4 is 41.0 Å². The molecule has 0 atom stereocenters. The highest BCUT2D eigenvalue weighted by Gasteiger charge is 2.04. The average Bonchev–Trinajstić information content (AvgIpc) is 2.57. The molecule has 25 heavy (non-hydrogen) atoms. The molecule has 0 unspecified atom stereocenters. The number of hydrogen-bond donors (Lipinski definition) is 2. The number of anilines is 2. The van der Waals surface area contributed by atoms with E-state index >= 15 is 0 Å². The van der Waals surface area contributed by atoms with Gasteiger partial charge in [-0.2, -0.15) is 5.10 Å². The number of halogens is 2. The Labute approximate surface area is 150 Å². The summed E-state index contributed by atoms with van der Waals surface area (Å²) in [7, 11) is 3.97. The predicted octanol–water partition coefficient (Wildman–Crippen LogP) is 4.02. The summed E-state index contributed by atoms with van der Waals surface area (Å²) in [5.41, 5.74) is 4.78. The average molecular weight is 360 g/mol. The van der Waals surface area contributed by atoms with Gasteiger partial charge in [0.1, 0.15) is 11.6 Å². The monoisotopic (exact) mass is 360 g/mol. The molecule has 0 bridgehead atoms. The third kappa shape index (κ3) is 5.96. The van der Waals surface area contributed by atoms with Crippen LogP contribution < -0.4 is 15.6 Å². The lowest BCUT2D eigenvalue weighted by atomic mass is 10.2. The second-order valence-electron chi connectivity index (χ2n) is 5.31. The predicted molar refractivity (Wildman–Crippen MR) is 104 cm³/mol. The zero-order valence-corrected chi connectivity index (χ0v) is 14.6. The molecule has 0 aliphatic heterocycles. The van der Waals surface area contributed by atoms with Gasteiger partial charge in [-0.15, -0.1) is 0 Å². The Hall–Kier alpha value is -2.80. The van der Waals surface area contributed by atoms with Crippen LogP contribution >= 0.6 is 12.2 Å². The van der Waals surface area contributed by atoms with Crippen molar-refractivity contribution in [1.82, 2.24) is 5.43 Å². The van der Waals surface area contributed by atoms with Crippen molar-refractivity contribution in [3.05, 3.63) is 65.7 Å². The summed E-state index contributed by atoms with van der Waals surface area (Å²) in [6.07, 6.45) is 5.16. The minimum absolute atomic E-state index is 0.0747. The fourth-order valence-electron chi connectivity index (χ4n) is 1.92. The van der Waals surface area contributed by atoms with Crippen molar-refractivity contribution in [3.63, 3.8) is 0 Å². The van der Waals surface area contributed by atoms with Crippen molar-refractivity contribution in [2.24, 2.45) is 5.10 Å². The van der Waals surface area contributed by atoms with Gasteiger partial charge in [0.05, 0.1) is 5.69 Å². The van der Waals surface area contributed by atoms with Gasteiger partial charge in [0, 0.05) is 32.1 Å². The normalized spacial score (nSPS) is 11.0. The third-order valence-corrected chi connectivity index (χ3v) is 3.40. The molecular weight excluding hydrogens is 342 g/mol. The molecular formula is C18H18F2N4S. The minimum atomic E-state index is -0.728. The van der Waals surface area contributed by atoms with Crippen molar-refractivity contribution in [2.75, 3.05) is 24.3 Å². The van der Waals surface area contributed by atoms with Crippen LogP contribution in [0.3, 0.4) is 0 Å². The second-order valence-corrected chi connectivity index (χ2v) is 5.72. The molecule has 0 amide bonds. The molecule has 2 aromatic carbocycles. The zero-order chi connectivity index (χ0) is 18.2. The topological polar surface area (TPSA) is 39.7 Å². The van der Waals surface area contributed by atoms with Gasteiger partial charge >= 0.3 is 0 Å². The maximum atomic E-state index is 13.5. The molecule has 0 aromatic heterocycles. The van der Waals surface area contributed by atoms with Gasteiger partial charge in [0.25, 0.3) is 0 Å². The first kappa shape index (κ1) is 18.5. The van der Waals surface area contributed by atoms with Gasteiger partial charge in [-0.05, 0) is 48.1 Å². The van der Waals surface area contributed by atoms with E-state index < -0.39 is 11.6 Å². The van der Waals surface area contributed by atoms with Gasteiger partial charge in [-0.3, -0.25) is 5.43 Å². The molecule has 130 valence electrons. The molecule has 0 saturated heterocycles. The zero-order valence-electron chi connectivity index (χ0n) is 13.8. The Morgan fingerprint density at radius 1 is 1.12 bits per heavy atom. The molecule has 4 nitrogen and oxygen atoms in total. The van der Waals surface area contributed by atoms with Gasteiger partial charge < -0.3 is 10.2 Å². The Bertz CT molecular complexity index is 786. The summed E-state index contributed by atoms with van der Waals surface area (Å²) >= 11 is 4.99. The summed E-state index contributed by atoms with van der Waals surface area (Å²) in [5, 5.41) is 6.61. The highest BCUT2D eigenvalue weighted by Crippen LogP contribution is 2.14. The van der Waals surface area contributed by atoms with E-state index in [1.54, 1.807) is 6.08 Å². The molecule has 2 rings (SSSR count). The van der Waals surface area contributed by atoms with Gasteiger partial charge in [0.15, 0.2) is 5.11 Å². The summed E-state index contributed by atoms with van der Waals surface area (Å²) in [5.74, 6) is -1.38. The Morgan fingerprint density at radius 2 is 1.84 bits per heavy atom. The van der Waals surface area contributed by atoms with Crippen molar-refractivity contribution in [1.29, 1.82) is 0 Å². The summed E-state index contributed by atoms with van der Waals surface area (Å²) < 4.78 is 26.3. The van der Waals surface area contributed by atoms with E-state index in [1.807, 2.05) is 49.3 Å².